The van der Waals surface area contributed by atoms with E-state index >= 15 is 0 Å². The summed E-state index contributed by atoms with van der Waals surface area (Å²) in [6.45, 7) is 0.333. The molecule has 0 spiro atoms. The molecule has 0 saturated carbocycles. The smallest absolute Gasteiger partial charge is 0.326 e. The minimum Gasteiger partial charge on any atom is -0.493 e. The molecule has 0 aromatic heterocycles. The number of carboxylic acid groups (broad SMARTS) is 1. The number of nitriles is 1. The Morgan fingerprint density at radius 2 is 1.66 bits per heavy atom. The minimum absolute atomic E-state index is 0.0378. The zero-order valence-electron chi connectivity index (χ0n) is 22.4. The van der Waals surface area contributed by atoms with Crippen molar-refractivity contribution in [2.75, 3.05) is 7.11 Å². The fraction of sp³-hybridized carbons (Fsp3) is 0.182. The number of amides is 1. The van der Waals surface area contributed by atoms with Crippen LogP contribution in [-0.2, 0) is 29.2 Å². The Morgan fingerprint density at radius 1 is 0.976 bits per heavy atom. The molecule has 5 rings (SSSR count). The van der Waals surface area contributed by atoms with Crippen LogP contribution in [0.3, 0.4) is 0 Å². The average Bonchev–Trinajstić information content (AvgIpc) is 3.02. The van der Waals surface area contributed by atoms with Crippen molar-refractivity contribution in [3.8, 4) is 23.3 Å². The Kier molecular flexibility index (Phi) is 8.16. The van der Waals surface area contributed by atoms with Gasteiger partial charge in [-0.3, -0.25) is 4.79 Å². The van der Waals surface area contributed by atoms with Gasteiger partial charge in [0.25, 0.3) is 5.91 Å². The molecule has 41 heavy (non-hydrogen) atoms. The zero-order valence-corrected chi connectivity index (χ0v) is 22.4. The molecular weight excluding hydrogens is 520 g/mol. The van der Waals surface area contributed by atoms with Gasteiger partial charge in [-0.05, 0) is 41.5 Å². The van der Waals surface area contributed by atoms with Crippen LogP contribution in [0.1, 0.15) is 33.9 Å². The Bertz CT molecular complexity index is 1570. The van der Waals surface area contributed by atoms with Crippen molar-refractivity contribution in [1.29, 1.82) is 5.26 Å². The molecule has 8 heteroatoms. The molecule has 1 aliphatic rings. The molecule has 0 fully saturated rings. The van der Waals surface area contributed by atoms with E-state index in [1.165, 1.54) is 12.0 Å². The Balaban J connectivity index is 1.48. The van der Waals surface area contributed by atoms with Gasteiger partial charge in [0.15, 0.2) is 11.5 Å². The molecule has 1 heterocycles. The molecule has 8 nitrogen and oxygen atoms in total. The Morgan fingerprint density at radius 3 is 2.29 bits per heavy atom. The van der Waals surface area contributed by atoms with Gasteiger partial charge in [0.1, 0.15) is 18.4 Å². The SMILES string of the molecule is COc1ccc2c(c1OCc1ccccc1)C[C@@H](C(=O)O)N(C(=O)[C@@H](Oc1ccc(C#N)cc1)c1ccccc1)C2. The first kappa shape index (κ1) is 27.3. The molecule has 1 aliphatic heterocycles. The topological polar surface area (TPSA) is 109 Å². The lowest BCUT2D eigenvalue weighted by molar-refractivity contribution is -0.155. The van der Waals surface area contributed by atoms with Crippen LogP contribution >= 0.6 is 0 Å². The summed E-state index contributed by atoms with van der Waals surface area (Å²) in [6, 6.07) is 29.5. The van der Waals surface area contributed by atoms with Gasteiger partial charge in [0.2, 0.25) is 6.10 Å². The summed E-state index contributed by atoms with van der Waals surface area (Å²) in [4.78, 5) is 28.0. The third-order valence-electron chi connectivity index (χ3n) is 7.01. The molecular formula is C33H28N2O6. The van der Waals surface area contributed by atoms with Gasteiger partial charge in [0.05, 0.1) is 18.7 Å². The summed E-state index contributed by atoms with van der Waals surface area (Å²) in [5.74, 6) is -0.264. The van der Waals surface area contributed by atoms with Gasteiger partial charge in [-0.25, -0.2) is 4.79 Å². The summed E-state index contributed by atoms with van der Waals surface area (Å²) in [6.07, 6.45) is -1.06. The molecule has 4 aromatic rings. The van der Waals surface area contributed by atoms with Gasteiger partial charge >= 0.3 is 5.97 Å². The second-order valence-corrected chi connectivity index (χ2v) is 9.58. The third-order valence-corrected chi connectivity index (χ3v) is 7.01. The molecule has 4 aromatic carbocycles. The van der Waals surface area contributed by atoms with E-state index in [1.807, 2.05) is 42.5 Å². The average molecular weight is 549 g/mol. The number of carboxylic acids is 1. The maximum atomic E-state index is 14.1. The lowest BCUT2D eigenvalue weighted by Crippen LogP contribution is -2.51. The fourth-order valence-corrected chi connectivity index (χ4v) is 4.90. The first-order valence-corrected chi connectivity index (χ1v) is 13.1. The predicted octanol–water partition coefficient (Wildman–Crippen LogP) is 5.30. The number of hydrogen-bond donors (Lipinski definition) is 1. The van der Waals surface area contributed by atoms with E-state index in [9.17, 15) is 14.7 Å². The van der Waals surface area contributed by atoms with Crippen molar-refractivity contribution in [2.45, 2.75) is 31.7 Å². The number of fused-ring (bicyclic) bond motifs is 1. The van der Waals surface area contributed by atoms with Crippen LogP contribution in [0.5, 0.6) is 17.2 Å². The lowest BCUT2D eigenvalue weighted by Gasteiger charge is -2.37. The largest absolute Gasteiger partial charge is 0.493 e. The number of ether oxygens (including phenoxy) is 3. The summed E-state index contributed by atoms with van der Waals surface area (Å²) in [5.41, 5.74) is 3.46. The maximum Gasteiger partial charge on any atom is 0.326 e. The summed E-state index contributed by atoms with van der Waals surface area (Å²) in [5, 5.41) is 19.4. The number of aliphatic carboxylic acids is 1. The molecule has 0 aliphatic carbocycles. The summed E-state index contributed by atoms with van der Waals surface area (Å²) in [7, 11) is 1.54. The number of nitrogens with zero attached hydrogens (tertiary/aromatic N) is 2. The highest BCUT2D eigenvalue weighted by molar-refractivity contribution is 5.88. The van der Waals surface area contributed by atoms with Crippen molar-refractivity contribution in [2.24, 2.45) is 0 Å². The first-order chi connectivity index (χ1) is 20.0. The minimum atomic E-state index is -1.16. The monoisotopic (exact) mass is 548 g/mol. The number of rotatable bonds is 9. The summed E-state index contributed by atoms with van der Waals surface area (Å²) >= 11 is 0. The highest BCUT2D eigenvalue weighted by atomic mass is 16.5. The van der Waals surface area contributed by atoms with E-state index in [-0.39, 0.29) is 19.6 Å². The molecule has 0 radical (unpaired) electrons. The number of carbonyl (C=O) groups excluding carboxylic acids is 1. The zero-order chi connectivity index (χ0) is 28.8. The van der Waals surface area contributed by atoms with Crippen molar-refractivity contribution in [3.63, 3.8) is 0 Å². The van der Waals surface area contributed by atoms with Gasteiger partial charge in [0, 0.05) is 24.1 Å². The van der Waals surface area contributed by atoms with E-state index in [1.54, 1.807) is 54.6 Å². The number of carbonyl (C=O) groups is 2. The molecule has 1 amide bonds. The highest BCUT2D eigenvalue weighted by Crippen LogP contribution is 2.40. The van der Waals surface area contributed by atoms with Crippen molar-refractivity contribution in [1.82, 2.24) is 4.90 Å². The Labute approximate surface area is 237 Å². The van der Waals surface area contributed by atoms with E-state index in [2.05, 4.69) is 6.07 Å². The first-order valence-electron chi connectivity index (χ1n) is 13.1. The van der Waals surface area contributed by atoms with E-state index in [4.69, 9.17) is 19.5 Å². The van der Waals surface area contributed by atoms with Gasteiger partial charge in [-0.15, -0.1) is 0 Å². The molecule has 0 saturated heterocycles. The van der Waals surface area contributed by atoms with Crippen LogP contribution in [0.4, 0.5) is 0 Å². The van der Waals surface area contributed by atoms with Crippen LogP contribution in [0, 0.1) is 11.3 Å². The summed E-state index contributed by atoms with van der Waals surface area (Å²) < 4.78 is 17.9. The fourth-order valence-electron chi connectivity index (χ4n) is 4.90. The number of methoxy groups -OCH3 is 1. The lowest BCUT2D eigenvalue weighted by atomic mass is 9.91. The van der Waals surface area contributed by atoms with E-state index < -0.39 is 24.0 Å². The van der Waals surface area contributed by atoms with Crippen LogP contribution in [0.15, 0.2) is 97.1 Å². The predicted molar refractivity (Wildman–Crippen MR) is 150 cm³/mol. The van der Waals surface area contributed by atoms with Crippen molar-refractivity contribution >= 4 is 11.9 Å². The second-order valence-electron chi connectivity index (χ2n) is 9.58. The van der Waals surface area contributed by atoms with Gasteiger partial charge in [-0.2, -0.15) is 5.26 Å². The van der Waals surface area contributed by atoms with Gasteiger partial charge in [-0.1, -0.05) is 66.7 Å². The quantitative estimate of drug-likeness (QED) is 0.302. The normalized spacial score (nSPS) is 14.7. The molecule has 0 bridgehead atoms. The third kappa shape index (κ3) is 5.99. The molecule has 2 atom stereocenters. The Hall–Kier alpha value is -5.29. The van der Waals surface area contributed by atoms with Gasteiger partial charge < -0.3 is 24.2 Å². The van der Waals surface area contributed by atoms with Crippen molar-refractivity contribution < 1.29 is 28.9 Å². The number of benzene rings is 4. The van der Waals surface area contributed by atoms with Crippen LogP contribution < -0.4 is 14.2 Å². The van der Waals surface area contributed by atoms with Crippen LogP contribution in [0.2, 0.25) is 0 Å². The maximum absolute atomic E-state index is 14.1. The van der Waals surface area contributed by atoms with Crippen molar-refractivity contribution in [3.05, 3.63) is 125 Å². The molecule has 1 N–H and O–H groups in total. The number of hydrogen-bond acceptors (Lipinski definition) is 6. The highest BCUT2D eigenvalue weighted by Gasteiger charge is 2.40. The van der Waals surface area contributed by atoms with Crippen LogP contribution in [0.25, 0.3) is 0 Å². The van der Waals surface area contributed by atoms with Crippen LogP contribution in [-0.4, -0.2) is 35.0 Å². The molecule has 206 valence electrons. The van der Waals surface area contributed by atoms with E-state index in [0.29, 0.717) is 33.9 Å². The second kappa shape index (κ2) is 12.3. The standard InChI is InChI=1S/C33H28N2O6/c1-39-29-17-14-25-20-35(28(33(37)38)18-27(25)31(29)40-21-23-8-4-2-5-9-23)32(36)30(24-10-6-3-7-11-24)41-26-15-12-22(19-34)13-16-26/h2-17,28,30H,18,20-21H2,1H3,(H,37,38)/t28-,30-/m0/s1. The van der Waals surface area contributed by atoms with E-state index in [0.717, 1.165) is 11.1 Å². The molecule has 0 unspecified atom stereocenters.